The molecule has 0 spiro atoms. The Morgan fingerprint density at radius 3 is 2.50 bits per heavy atom. The first kappa shape index (κ1) is 17.9. The molecule has 2 heterocycles. The molecule has 4 rings (SSSR count). The van der Waals surface area contributed by atoms with Gasteiger partial charge in [-0.05, 0) is 17.7 Å². The van der Waals surface area contributed by atoms with Crippen LogP contribution in [0.1, 0.15) is 12.5 Å². The molecule has 7 nitrogen and oxygen atoms in total. The number of rotatable bonds is 5. The molecule has 2 aromatic heterocycles. The monoisotopic (exact) mass is 391 g/mol. The Hall–Kier alpha value is -3.52. The van der Waals surface area contributed by atoms with E-state index in [0.717, 1.165) is 22.5 Å². The maximum Gasteiger partial charge on any atom is 0.250 e. The van der Waals surface area contributed by atoms with Crippen LogP contribution in [0.3, 0.4) is 0 Å². The molecule has 0 atom stereocenters. The average Bonchev–Trinajstić information content (AvgIpc) is 3.23. The topological polar surface area (TPSA) is 88.4 Å². The summed E-state index contributed by atoms with van der Waals surface area (Å²) in [4.78, 5) is 28.4. The van der Waals surface area contributed by atoms with Crippen LogP contribution in [0.4, 0.5) is 11.6 Å². The van der Waals surface area contributed by atoms with E-state index >= 15 is 0 Å². The maximum absolute atomic E-state index is 12.2. The van der Waals surface area contributed by atoms with E-state index < -0.39 is 0 Å². The molecular formula is C20H17N5O2S. The smallest absolute Gasteiger partial charge is 0.250 e. The molecule has 0 fully saturated rings. The summed E-state index contributed by atoms with van der Waals surface area (Å²) in [5, 5.41) is 11.9. The van der Waals surface area contributed by atoms with Crippen molar-refractivity contribution in [3.63, 3.8) is 0 Å². The number of carbonyl (C=O) groups is 2. The van der Waals surface area contributed by atoms with Crippen molar-refractivity contribution >= 4 is 39.7 Å². The SMILES string of the molecule is CC(=O)Nc1ccc(-c2csc3nc(NC(=O)Cc4ccccc4)nn23)cc1. The van der Waals surface area contributed by atoms with Crippen molar-refractivity contribution < 1.29 is 9.59 Å². The Labute approximate surface area is 165 Å². The van der Waals surface area contributed by atoms with Crippen molar-refractivity contribution in [2.45, 2.75) is 13.3 Å². The van der Waals surface area contributed by atoms with Gasteiger partial charge in [-0.1, -0.05) is 42.5 Å². The van der Waals surface area contributed by atoms with E-state index in [-0.39, 0.29) is 24.2 Å². The van der Waals surface area contributed by atoms with Crippen molar-refractivity contribution in [3.8, 4) is 11.3 Å². The number of benzene rings is 2. The Morgan fingerprint density at radius 1 is 1.04 bits per heavy atom. The fourth-order valence-electron chi connectivity index (χ4n) is 2.81. The van der Waals surface area contributed by atoms with Gasteiger partial charge in [-0.3, -0.25) is 14.9 Å². The Kier molecular flexibility index (Phi) is 4.86. The number of nitrogens with zero attached hydrogens (tertiary/aromatic N) is 3. The summed E-state index contributed by atoms with van der Waals surface area (Å²) in [7, 11) is 0. The lowest BCUT2D eigenvalue weighted by molar-refractivity contribution is -0.116. The number of carbonyl (C=O) groups excluding carboxylic acids is 2. The van der Waals surface area contributed by atoms with Crippen LogP contribution in [0.15, 0.2) is 60.0 Å². The first-order chi connectivity index (χ1) is 13.6. The van der Waals surface area contributed by atoms with Crippen molar-refractivity contribution in [2.24, 2.45) is 0 Å². The van der Waals surface area contributed by atoms with Gasteiger partial charge in [0.05, 0.1) is 12.1 Å². The first-order valence-electron chi connectivity index (χ1n) is 8.64. The van der Waals surface area contributed by atoms with Gasteiger partial charge < -0.3 is 5.32 Å². The number of nitrogens with one attached hydrogen (secondary N) is 2. The minimum atomic E-state index is -0.161. The zero-order valence-corrected chi connectivity index (χ0v) is 15.9. The van der Waals surface area contributed by atoms with Crippen LogP contribution in [-0.2, 0) is 16.0 Å². The van der Waals surface area contributed by atoms with Gasteiger partial charge in [-0.25, -0.2) is 4.52 Å². The highest BCUT2D eigenvalue weighted by Crippen LogP contribution is 2.27. The lowest BCUT2D eigenvalue weighted by atomic mass is 10.1. The quantitative estimate of drug-likeness (QED) is 0.544. The summed E-state index contributed by atoms with van der Waals surface area (Å²) in [5.41, 5.74) is 3.47. The molecule has 0 aliphatic carbocycles. The van der Waals surface area contributed by atoms with Crippen LogP contribution in [0, 0.1) is 0 Å². The Morgan fingerprint density at radius 2 is 1.79 bits per heavy atom. The molecule has 4 aromatic rings. The van der Waals surface area contributed by atoms with Crippen LogP contribution in [0.25, 0.3) is 16.2 Å². The van der Waals surface area contributed by atoms with Gasteiger partial charge in [-0.2, -0.15) is 4.98 Å². The predicted octanol–water partition coefficient (Wildman–Crippen LogP) is 3.60. The number of thiazole rings is 1. The van der Waals surface area contributed by atoms with E-state index in [2.05, 4.69) is 20.7 Å². The minimum Gasteiger partial charge on any atom is -0.326 e. The van der Waals surface area contributed by atoms with Gasteiger partial charge in [0, 0.05) is 23.6 Å². The molecule has 0 radical (unpaired) electrons. The van der Waals surface area contributed by atoms with E-state index in [0.29, 0.717) is 4.96 Å². The van der Waals surface area contributed by atoms with Gasteiger partial charge in [-0.15, -0.1) is 16.4 Å². The van der Waals surface area contributed by atoms with E-state index in [4.69, 9.17) is 0 Å². The van der Waals surface area contributed by atoms with Crippen molar-refractivity contribution in [1.29, 1.82) is 0 Å². The maximum atomic E-state index is 12.2. The summed E-state index contributed by atoms with van der Waals surface area (Å²) in [5.74, 6) is 0.00685. The summed E-state index contributed by atoms with van der Waals surface area (Å²) in [6.45, 7) is 1.47. The molecule has 2 N–H and O–H groups in total. The summed E-state index contributed by atoms with van der Waals surface area (Å²) in [6.07, 6.45) is 0.269. The van der Waals surface area contributed by atoms with Gasteiger partial charge in [0.1, 0.15) is 0 Å². The van der Waals surface area contributed by atoms with Gasteiger partial charge in [0.25, 0.3) is 0 Å². The van der Waals surface area contributed by atoms with E-state index in [9.17, 15) is 9.59 Å². The van der Waals surface area contributed by atoms with Gasteiger partial charge in [0.15, 0.2) is 0 Å². The van der Waals surface area contributed by atoms with E-state index in [1.807, 2.05) is 60.0 Å². The third-order valence-electron chi connectivity index (χ3n) is 4.04. The van der Waals surface area contributed by atoms with Gasteiger partial charge in [0.2, 0.25) is 22.7 Å². The Balaban J connectivity index is 1.52. The number of fused-ring (bicyclic) bond motifs is 1. The molecule has 0 aliphatic heterocycles. The van der Waals surface area contributed by atoms with E-state index in [1.165, 1.54) is 18.3 Å². The van der Waals surface area contributed by atoms with Crippen LogP contribution in [0.5, 0.6) is 0 Å². The standard InChI is InChI=1S/C20H17N5O2S/c1-13(26)21-16-9-7-15(8-10-16)17-12-28-20-23-19(24-25(17)20)22-18(27)11-14-5-3-2-4-6-14/h2-10,12H,11H2,1H3,(H,21,26)(H,22,24,27). The molecule has 0 unspecified atom stereocenters. The molecule has 140 valence electrons. The van der Waals surface area contributed by atoms with Crippen LogP contribution in [0.2, 0.25) is 0 Å². The highest BCUT2D eigenvalue weighted by Gasteiger charge is 2.13. The van der Waals surface area contributed by atoms with Crippen molar-refractivity contribution in [3.05, 3.63) is 65.5 Å². The number of aromatic nitrogens is 3. The largest absolute Gasteiger partial charge is 0.326 e. The summed E-state index contributed by atoms with van der Waals surface area (Å²) < 4.78 is 1.70. The van der Waals surface area contributed by atoms with Crippen LogP contribution >= 0.6 is 11.3 Å². The second-order valence-electron chi connectivity index (χ2n) is 6.22. The molecule has 0 saturated heterocycles. The fourth-order valence-corrected chi connectivity index (χ4v) is 3.64. The summed E-state index contributed by atoms with van der Waals surface area (Å²) >= 11 is 1.44. The lowest BCUT2D eigenvalue weighted by Gasteiger charge is -2.04. The molecule has 0 bridgehead atoms. The third kappa shape index (κ3) is 3.91. The molecule has 8 heteroatoms. The van der Waals surface area contributed by atoms with E-state index in [1.54, 1.807) is 4.52 Å². The highest BCUT2D eigenvalue weighted by molar-refractivity contribution is 7.15. The number of hydrogen-bond donors (Lipinski definition) is 2. The molecular weight excluding hydrogens is 374 g/mol. The van der Waals surface area contributed by atoms with Crippen LogP contribution < -0.4 is 10.6 Å². The zero-order chi connectivity index (χ0) is 19.5. The molecule has 0 saturated carbocycles. The summed E-state index contributed by atoms with van der Waals surface area (Å²) in [6, 6.07) is 17.0. The second-order valence-corrected chi connectivity index (χ2v) is 7.06. The average molecular weight is 391 g/mol. The van der Waals surface area contributed by atoms with Gasteiger partial charge >= 0.3 is 0 Å². The number of anilines is 2. The van der Waals surface area contributed by atoms with Crippen molar-refractivity contribution in [2.75, 3.05) is 10.6 Å². The molecule has 28 heavy (non-hydrogen) atoms. The number of amides is 2. The first-order valence-corrected chi connectivity index (χ1v) is 9.52. The second kappa shape index (κ2) is 7.61. The molecule has 2 amide bonds. The van der Waals surface area contributed by atoms with Crippen LogP contribution in [-0.4, -0.2) is 26.4 Å². The molecule has 2 aromatic carbocycles. The normalized spacial score (nSPS) is 10.8. The zero-order valence-electron chi connectivity index (χ0n) is 15.0. The predicted molar refractivity (Wildman–Crippen MR) is 109 cm³/mol. The number of hydrogen-bond acceptors (Lipinski definition) is 5. The highest BCUT2D eigenvalue weighted by atomic mass is 32.1. The Bertz CT molecular complexity index is 1130. The van der Waals surface area contributed by atoms with Crippen molar-refractivity contribution in [1.82, 2.24) is 14.6 Å². The molecule has 0 aliphatic rings. The third-order valence-corrected chi connectivity index (χ3v) is 4.86. The minimum absolute atomic E-state index is 0.113. The lowest BCUT2D eigenvalue weighted by Crippen LogP contribution is -2.15. The fraction of sp³-hybridized carbons (Fsp3) is 0.100.